The summed E-state index contributed by atoms with van der Waals surface area (Å²) in [4.78, 5) is 15.5. The summed E-state index contributed by atoms with van der Waals surface area (Å²) in [6.07, 6.45) is 1.68. The molecule has 21 heavy (non-hydrogen) atoms. The first-order chi connectivity index (χ1) is 10.1. The van der Waals surface area contributed by atoms with Crippen molar-refractivity contribution in [2.75, 3.05) is 12.4 Å². The van der Waals surface area contributed by atoms with Crippen LogP contribution in [0.4, 0.5) is 5.69 Å². The second kappa shape index (κ2) is 6.85. The maximum atomic E-state index is 11.2. The van der Waals surface area contributed by atoms with Crippen LogP contribution in [0.1, 0.15) is 25.5 Å². The second-order valence-corrected chi connectivity index (χ2v) is 4.69. The van der Waals surface area contributed by atoms with Gasteiger partial charge in [0.25, 0.3) is 0 Å². The largest absolute Gasteiger partial charge is 0.436 e. The Morgan fingerprint density at radius 3 is 2.71 bits per heavy atom. The van der Waals surface area contributed by atoms with Gasteiger partial charge in [0.15, 0.2) is 5.75 Å². The zero-order chi connectivity index (χ0) is 15.2. The summed E-state index contributed by atoms with van der Waals surface area (Å²) in [6, 6.07) is 11.2. The lowest BCUT2D eigenvalue weighted by atomic mass is 10.1. The molecule has 0 spiro atoms. The van der Waals surface area contributed by atoms with Crippen LogP contribution in [-0.2, 0) is 4.79 Å². The van der Waals surface area contributed by atoms with Crippen molar-refractivity contribution in [3.63, 3.8) is 0 Å². The lowest BCUT2D eigenvalue weighted by Crippen LogP contribution is -2.14. The normalized spacial score (nSPS) is 11.8. The summed E-state index contributed by atoms with van der Waals surface area (Å²) < 4.78 is 5.90. The van der Waals surface area contributed by atoms with Gasteiger partial charge in [0, 0.05) is 24.7 Å². The molecule has 0 bridgehead atoms. The Kier molecular flexibility index (Phi) is 4.90. The summed E-state index contributed by atoms with van der Waals surface area (Å²) in [5.74, 6) is 0.948. The van der Waals surface area contributed by atoms with E-state index in [0.717, 1.165) is 5.56 Å². The quantitative estimate of drug-likeness (QED) is 0.886. The number of nitrogens with zero attached hydrogens (tertiary/aromatic N) is 1. The fraction of sp³-hybridized carbons (Fsp3) is 0.250. The predicted octanol–water partition coefficient (Wildman–Crippen LogP) is 3.11. The van der Waals surface area contributed by atoms with Gasteiger partial charge in [-0.05, 0) is 32.2 Å². The highest BCUT2D eigenvalue weighted by Gasteiger charge is 2.13. The highest BCUT2D eigenvalue weighted by atomic mass is 16.5. The Bertz CT molecular complexity index is 628. The molecule has 110 valence electrons. The van der Waals surface area contributed by atoms with Crippen molar-refractivity contribution in [1.82, 2.24) is 10.3 Å². The van der Waals surface area contributed by atoms with E-state index in [9.17, 15) is 4.79 Å². The Balaban J connectivity index is 2.33. The van der Waals surface area contributed by atoms with Crippen molar-refractivity contribution in [1.29, 1.82) is 0 Å². The zero-order valence-corrected chi connectivity index (χ0v) is 12.4. The standard InChI is InChI=1S/C16H19N3O2/c1-11(17-3)13-7-6-10-18-16(13)21-15-9-5-4-8-14(15)19-12(2)20/h4-11,17H,1-3H3,(H,19,20). The number of carbonyl (C=O) groups is 1. The molecule has 0 radical (unpaired) electrons. The molecule has 1 aromatic carbocycles. The Morgan fingerprint density at radius 2 is 2.00 bits per heavy atom. The van der Waals surface area contributed by atoms with Crippen LogP contribution >= 0.6 is 0 Å². The number of amides is 1. The number of rotatable bonds is 5. The number of aromatic nitrogens is 1. The van der Waals surface area contributed by atoms with Gasteiger partial charge in [0.05, 0.1) is 5.69 Å². The van der Waals surface area contributed by atoms with Crippen LogP contribution in [-0.4, -0.2) is 17.9 Å². The molecule has 1 unspecified atom stereocenters. The zero-order valence-electron chi connectivity index (χ0n) is 12.4. The van der Waals surface area contributed by atoms with Gasteiger partial charge in [0.1, 0.15) is 0 Å². The maximum absolute atomic E-state index is 11.2. The molecule has 0 aliphatic carbocycles. The summed E-state index contributed by atoms with van der Waals surface area (Å²) >= 11 is 0. The molecule has 1 heterocycles. The number of hydrogen-bond donors (Lipinski definition) is 2. The minimum absolute atomic E-state index is 0.113. The van der Waals surface area contributed by atoms with Crippen molar-refractivity contribution >= 4 is 11.6 Å². The van der Waals surface area contributed by atoms with Crippen LogP contribution in [0.25, 0.3) is 0 Å². The number of pyridine rings is 1. The molecule has 0 fully saturated rings. The highest BCUT2D eigenvalue weighted by Crippen LogP contribution is 2.31. The molecule has 5 nitrogen and oxygen atoms in total. The van der Waals surface area contributed by atoms with Crippen molar-refractivity contribution in [3.8, 4) is 11.6 Å². The van der Waals surface area contributed by atoms with Crippen LogP contribution in [0.3, 0.4) is 0 Å². The molecular weight excluding hydrogens is 266 g/mol. The van der Waals surface area contributed by atoms with E-state index in [1.54, 1.807) is 18.3 Å². The number of carbonyl (C=O) groups excluding carboxylic acids is 1. The van der Waals surface area contributed by atoms with E-state index < -0.39 is 0 Å². The monoisotopic (exact) mass is 285 g/mol. The molecule has 1 atom stereocenters. The van der Waals surface area contributed by atoms with E-state index >= 15 is 0 Å². The third kappa shape index (κ3) is 3.79. The number of anilines is 1. The number of benzene rings is 1. The van der Waals surface area contributed by atoms with Crippen LogP contribution in [0.2, 0.25) is 0 Å². The molecule has 0 aliphatic heterocycles. The molecule has 0 aliphatic rings. The number of hydrogen-bond acceptors (Lipinski definition) is 4. The number of nitrogens with one attached hydrogen (secondary N) is 2. The van der Waals surface area contributed by atoms with Crippen LogP contribution in [0, 0.1) is 0 Å². The van der Waals surface area contributed by atoms with Gasteiger partial charge in [0.2, 0.25) is 11.8 Å². The Hall–Kier alpha value is -2.40. The third-order valence-electron chi connectivity index (χ3n) is 3.10. The molecule has 1 aromatic heterocycles. The fourth-order valence-electron chi connectivity index (χ4n) is 1.93. The number of para-hydroxylation sites is 2. The van der Waals surface area contributed by atoms with E-state index in [4.69, 9.17) is 4.74 Å². The molecule has 2 aromatic rings. The fourth-order valence-corrected chi connectivity index (χ4v) is 1.93. The lowest BCUT2D eigenvalue weighted by molar-refractivity contribution is -0.114. The van der Waals surface area contributed by atoms with Gasteiger partial charge in [-0.25, -0.2) is 4.98 Å². The topological polar surface area (TPSA) is 63.3 Å². The Morgan fingerprint density at radius 1 is 1.24 bits per heavy atom. The van der Waals surface area contributed by atoms with Crippen molar-refractivity contribution < 1.29 is 9.53 Å². The first-order valence-corrected chi connectivity index (χ1v) is 6.78. The van der Waals surface area contributed by atoms with Crippen molar-refractivity contribution in [2.45, 2.75) is 19.9 Å². The van der Waals surface area contributed by atoms with Crippen LogP contribution in [0.5, 0.6) is 11.6 Å². The van der Waals surface area contributed by atoms with Crippen LogP contribution < -0.4 is 15.4 Å². The van der Waals surface area contributed by atoms with Crippen LogP contribution in [0.15, 0.2) is 42.6 Å². The van der Waals surface area contributed by atoms with Gasteiger partial charge in [-0.1, -0.05) is 18.2 Å². The first-order valence-electron chi connectivity index (χ1n) is 6.78. The van der Waals surface area contributed by atoms with Crippen molar-refractivity contribution in [2.24, 2.45) is 0 Å². The summed E-state index contributed by atoms with van der Waals surface area (Å²) in [7, 11) is 1.88. The smallest absolute Gasteiger partial charge is 0.224 e. The van der Waals surface area contributed by atoms with Gasteiger partial charge in [-0.3, -0.25) is 4.79 Å². The molecule has 0 saturated carbocycles. The third-order valence-corrected chi connectivity index (χ3v) is 3.10. The lowest BCUT2D eigenvalue weighted by Gasteiger charge is -2.16. The molecule has 2 rings (SSSR count). The SMILES string of the molecule is CNC(C)c1cccnc1Oc1ccccc1NC(C)=O. The maximum Gasteiger partial charge on any atom is 0.224 e. The first kappa shape index (κ1) is 15.0. The molecule has 5 heteroatoms. The average molecular weight is 285 g/mol. The summed E-state index contributed by atoms with van der Waals surface area (Å²) in [5, 5.41) is 5.91. The van der Waals surface area contributed by atoms with E-state index in [0.29, 0.717) is 17.3 Å². The van der Waals surface area contributed by atoms with Gasteiger partial charge in [-0.2, -0.15) is 0 Å². The molecule has 2 N–H and O–H groups in total. The van der Waals surface area contributed by atoms with Gasteiger partial charge >= 0.3 is 0 Å². The molecule has 0 saturated heterocycles. The van der Waals surface area contributed by atoms with Gasteiger partial charge in [-0.15, -0.1) is 0 Å². The van der Waals surface area contributed by atoms with Crippen molar-refractivity contribution in [3.05, 3.63) is 48.2 Å². The van der Waals surface area contributed by atoms with E-state index in [-0.39, 0.29) is 11.9 Å². The second-order valence-electron chi connectivity index (χ2n) is 4.69. The Labute approximate surface area is 124 Å². The average Bonchev–Trinajstić information content (AvgIpc) is 2.48. The van der Waals surface area contributed by atoms with E-state index in [1.165, 1.54) is 6.92 Å². The highest BCUT2D eigenvalue weighted by molar-refractivity contribution is 5.90. The molecular formula is C16H19N3O2. The minimum atomic E-state index is -0.143. The van der Waals surface area contributed by atoms with Gasteiger partial charge < -0.3 is 15.4 Å². The van der Waals surface area contributed by atoms with E-state index in [1.807, 2.05) is 38.2 Å². The van der Waals surface area contributed by atoms with E-state index in [2.05, 4.69) is 15.6 Å². The summed E-state index contributed by atoms with van der Waals surface area (Å²) in [6.45, 7) is 3.50. The minimum Gasteiger partial charge on any atom is -0.436 e. The molecule has 1 amide bonds. The number of ether oxygens (including phenoxy) is 1. The summed E-state index contributed by atoms with van der Waals surface area (Å²) in [5.41, 5.74) is 1.58. The predicted molar refractivity (Wildman–Crippen MR) is 82.5 cm³/mol.